The number of aromatic amines is 2. The summed E-state index contributed by atoms with van der Waals surface area (Å²) in [7, 11) is 1.28. The summed E-state index contributed by atoms with van der Waals surface area (Å²) in [6.07, 6.45) is 6.62. The highest BCUT2D eigenvalue weighted by atomic mass is 16.5. The number of aromatic nitrogens is 4. The van der Waals surface area contributed by atoms with Crippen LogP contribution in [0.3, 0.4) is 0 Å². The Morgan fingerprint density at radius 1 is 0.719 bits per heavy atom. The number of amides is 4. The fourth-order valence-electron chi connectivity index (χ4n) is 8.48. The number of methoxy groups -OCH3 is 1. The van der Waals surface area contributed by atoms with Crippen molar-refractivity contribution < 1.29 is 29.0 Å². The average Bonchev–Trinajstić information content (AvgIpc) is 4.10. The number of piperidine rings is 1. The van der Waals surface area contributed by atoms with Crippen molar-refractivity contribution in [2.24, 2.45) is 5.92 Å². The maximum atomic E-state index is 13.9. The van der Waals surface area contributed by atoms with Crippen LogP contribution in [0.5, 0.6) is 0 Å². The predicted octanol–water partition coefficient (Wildman–Crippen LogP) is 6.95. The Hall–Kier alpha value is -6.44. The third kappa shape index (κ3) is 7.84. The van der Waals surface area contributed by atoms with E-state index in [4.69, 9.17) is 9.72 Å². The number of rotatable bonds is 9. The summed E-state index contributed by atoms with van der Waals surface area (Å²) < 4.78 is 4.82. The van der Waals surface area contributed by atoms with Gasteiger partial charge in [-0.25, -0.2) is 19.6 Å². The molecule has 2 aromatic heterocycles. The molecule has 5 heterocycles. The van der Waals surface area contributed by atoms with E-state index in [9.17, 15) is 24.3 Å². The number of H-pyrrole nitrogens is 2. The number of nitrogens with zero attached hydrogens (tertiary/aromatic N) is 5. The SMILES string of the molecule is COC(=O)N[C@@H](C(=O)N1CCC[C@H]1c1ncc(-c2ccc(-c3ccc(-c4cnc([C@@H]5CCCN5C(=O)[C@@H]5CCCN(C(=O)O)C5)[nH]4)cc3)cc2)[nH]1)c1ccccc1. The van der Waals surface area contributed by atoms with Gasteiger partial charge in [-0.2, -0.15) is 0 Å². The minimum absolute atomic E-state index is 0.0146. The third-order valence-corrected chi connectivity index (χ3v) is 11.5. The van der Waals surface area contributed by atoms with Crippen molar-refractivity contribution >= 4 is 24.0 Å². The molecular weight excluding hydrogens is 725 g/mol. The van der Waals surface area contributed by atoms with E-state index in [1.165, 1.54) is 12.0 Å². The summed E-state index contributed by atoms with van der Waals surface area (Å²) in [6.45, 7) is 1.92. The first kappa shape index (κ1) is 37.5. The molecule has 3 saturated heterocycles. The molecule has 0 spiro atoms. The molecule has 4 N–H and O–H groups in total. The summed E-state index contributed by atoms with van der Waals surface area (Å²) in [5.74, 6) is 0.935. The molecule has 3 aliphatic heterocycles. The number of hydrogen-bond donors (Lipinski definition) is 4. The highest BCUT2D eigenvalue weighted by Gasteiger charge is 2.39. The smallest absolute Gasteiger partial charge is 0.407 e. The van der Waals surface area contributed by atoms with Crippen molar-refractivity contribution in [2.45, 2.75) is 56.7 Å². The molecule has 4 atom stereocenters. The predicted molar refractivity (Wildman–Crippen MR) is 211 cm³/mol. The van der Waals surface area contributed by atoms with Gasteiger partial charge in [-0.3, -0.25) is 9.59 Å². The van der Waals surface area contributed by atoms with Gasteiger partial charge < -0.3 is 39.8 Å². The number of carbonyl (C=O) groups excluding carboxylic acids is 3. The van der Waals surface area contributed by atoms with Gasteiger partial charge in [0.05, 0.1) is 48.9 Å². The molecule has 14 nitrogen and oxygen atoms in total. The monoisotopic (exact) mass is 770 g/mol. The molecule has 8 rings (SSSR count). The van der Waals surface area contributed by atoms with Gasteiger partial charge >= 0.3 is 12.2 Å². The second-order valence-corrected chi connectivity index (χ2v) is 14.9. The molecule has 0 bridgehead atoms. The van der Waals surface area contributed by atoms with Crippen LogP contribution in [-0.2, 0) is 14.3 Å². The molecule has 0 aliphatic carbocycles. The van der Waals surface area contributed by atoms with Crippen LogP contribution in [0, 0.1) is 5.92 Å². The van der Waals surface area contributed by atoms with Crippen LogP contribution in [0.15, 0.2) is 91.3 Å². The second kappa shape index (κ2) is 16.3. The molecule has 57 heavy (non-hydrogen) atoms. The van der Waals surface area contributed by atoms with Crippen LogP contribution in [0.1, 0.15) is 73.9 Å². The second-order valence-electron chi connectivity index (χ2n) is 14.9. The van der Waals surface area contributed by atoms with Crippen LogP contribution < -0.4 is 5.32 Å². The number of benzene rings is 3. The quantitative estimate of drug-likeness (QED) is 0.125. The highest BCUT2D eigenvalue weighted by Crippen LogP contribution is 2.36. The Labute approximate surface area is 330 Å². The lowest BCUT2D eigenvalue weighted by atomic mass is 9.96. The van der Waals surface area contributed by atoms with Crippen LogP contribution in [-0.4, -0.2) is 97.0 Å². The van der Waals surface area contributed by atoms with Gasteiger partial charge in [0.1, 0.15) is 17.7 Å². The van der Waals surface area contributed by atoms with E-state index < -0.39 is 18.2 Å². The molecular formula is C43H46N8O6. The molecule has 3 aliphatic rings. The minimum Gasteiger partial charge on any atom is -0.465 e. The number of nitrogens with one attached hydrogen (secondary N) is 3. The van der Waals surface area contributed by atoms with Crippen LogP contribution in [0.25, 0.3) is 33.6 Å². The minimum atomic E-state index is -0.970. The van der Waals surface area contributed by atoms with Gasteiger partial charge in [-0.15, -0.1) is 0 Å². The number of imidazole rings is 2. The van der Waals surface area contributed by atoms with Crippen molar-refractivity contribution in [2.75, 3.05) is 33.3 Å². The Bertz CT molecular complexity index is 2220. The summed E-state index contributed by atoms with van der Waals surface area (Å²) in [5.41, 5.74) is 6.45. The normalized spacial score (nSPS) is 20.0. The van der Waals surface area contributed by atoms with E-state index in [-0.39, 0.29) is 36.4 Å². The number of ether oxygens (including phenoxy) is 1. The zero-order chi connectivity index (χ0) is 39.5. The molecule has 3 fully saturated rings. The maximum absolute atomic E-state index is 13.9. The molecule has 3 aromatic carbocycles. The lowest BCUT2D eigenvalue weighted by Gasteiger charge is -2.34. The van der Waals surface area contributed by atoms with Gasteiger partial charge in [0.2, 0.25) is 5.91 Å². The van der Waals surface area contributed by atoms with Gasteiger partial charge in [0.25, 0.3) is 5.91 Å². The van der Waals surface area contributed by atoms with E-state index in [1.54, 1.807) is 11.1 Å². The Kier molecular flexibility index (Phi) is 10.7. The molecule has 4 amide bonds. The Morgan fingerprint density at radius 3 is 1.81 bits per heavy atom. The molecule has 0 saturated carbocycles. The van der Waals surface area contributed by atoms with Crippen molar-refractivity contribution in [1.29, 1.82) is 0 Å². The maximum Gasteiger partial charge on any atom is 0.407 e. The summed E-state index contributed by atoms with van der Waals surface area (Å²) in [5, 5.41) is 12.2. The molecule has 294 valence electrons. The van der Waals surface area contributed by atoms with Gasteiger partial charge in [0, 0.05) is 26.2 Å². The van der Waals surface area contributed by atoms with Crippen molar-refractivity contribution in [3.63, 3.8) is 0 Å². The molecule has 5 aromatic rings. The number of hydrogen-bond acceptors (Lipinski definition) is 7. The zero-order valence-electron chi connectivity index (χ0n) is 31.8. The lowest BCUT2D eigenvalue weighted by molar-refractivity contribution is -0.138. The number of alkyl carbamates (subject to hydrolysis) is 1. The van der Waals surface area contributed by atoms with E-state index in [0.717, 1.165) is 65.1 Å². The molecule has 0 radical (unpaired) electrons. The summed E-state index contributed by atoms with van der Waals surface area (Å²) in [4.78, 5) is 72.4. The summed E-state index contributed by atoms with van der Waals surface area (Å²) >= 11 is 0. The van der Waals surface area contributed by atoms with Gasteiger partial charge in [-0.1, -0.05) is 78.9 Å². The van der Waals surface area contributed by atoms with Gasteiger partial charge in [-0.05, 0) is 66.3 Å². The van der Waals surface area contributed by atoms with E-state index in [1.807, 2.05) is 53.6 Å². The number of likely N-dealkylation sites (tertiary alicyclic amines) is 3. The van der Waals surface area contributed by atoms with Crippen LogP contribution >= 0.6 is 0 Å². The first-order valence-corrected chi connectivity index (χ1v) is 19.6. The Balaban J connectivity index is 0.915. The lowest BCUT2D eigenvalue weighted by Crippen LogP contribution is -2.46. The van der Waals surface area contributed by atoms with E-state index in [2.05, 4.69) is 56.7 Å². The molecule has 14 heteroatoms. The van der Waals surface area contributed by atoms with Crippen LogP contribution in [0.4, 0.5) is 9.59 Å². The van der Waals surface area contributed by atoms with Crippen molar-refractivity contribution in [3.8, 4) is 33.6 Å². The van der Waals surface area contributed by atoms with E-state index >= 15 is 0 Å². The zero-order valence-corrected chi connectivity index (χ0v) is 31.8. The third-order valence-electron chi connectivity index (χ3n) is 11.5. The average molecular weight is 771 g/mol. The van der Waals surface area contributed by atoms with Crippen LogP contribution in [0.2, 0.25) is 0 Å². The summed E-state index contributed by atoms with van der Waals surface area (Å²) in [6, 6.07) is 24.4. The first-order chi connectivity index (χ1) is 27.8. The fourth-order valence-corrected chi connectivity index (χ4v) is 8.48. The number of carbonyl (C=O) groups is 4. The van der Waals surface area contributed by atoms with Gasteiger partial charge in [0.15, 0.2) is 0 Å². The van der Waals surface area contributed by atoms with Crippen molar-refractivity contribution in [3.05, 3.63) is 108 Å². The standard InChI is InChI=1S/C43H46N8O6/c1-57-42(54)48-37(31-8-3-2-4-9-31)41(53)51-23-7-12-36(51)39-45-25-34(47-39)30-19-15-28(16-20-30)27-13-17-29(18-14-27)33-24-44-38(46-33)35-11-6-22-50(35)40(52)32-10-5-21-49(26-32)43(55)56/h2-4,8-9,13-20,24-25,32,35-37H,5-7,10-12,21-23,26H2,1H3,(H,44,46)(H,45,47)(H,48,54)(H,55,56)/t32-,35+,36+,37-/m1/s1. The number of carboxylic acid groups (broad SMARTS) is 1. The fraction of sp³-hybridized carbons (Fsp3) is 0.349. The highest BCUT2D eigenvalue weighted by molar-refractivity contribution is 5.87. The van der Waals surface area contributed by atoms with E-state index in [0.29, 0.717) is 43.9 Å². The topological polar surface area (TPSA) is 177 Å². The Morgan fingerprint density at radius 2 is 1.25 bits per heavy atom. The first-order valence-electron chi connectivity index (χ1n) is 19.6. The molecule has 0 unspecified atom stereocenters. The largest absolute Gasteiger partial charge is 0.465 e. The van der Waals surface area contributed by atoms with Crippen molar-refractivity contribution in [1.82, 2.24) is 40.0 Å².